The smallest absolute Gasteiger partial charge is 0.305 e. The summed E-state index contributed by atoms with van der Waals surface area (Å²) in [5.74, 6) is -0.452. The Kier molecular flexibility index (Phi) is 3.93. The van der Waals surface area contributed by atoms with Crippen LogP contribution in [0, 0.1) is 0 Å². The summed E-state index contributed by atoms with van der Waals surface area (Å²) in [7, 11) is 1.28. The first-order chi connectivity index (χ1) is 7.34. The Hall–Kier alpha value is -1.08. The van der Waals surface area contributed by atoms with Gasteiger partial charge in [-0.2, -0.15) is 0 Å². The van der Waals surface area contributed by atoms with E-state index in [4.69, 9.17) is 15.8 Å². The van der Waals surface area contributed by atoms with Gasteiger partial charge in [-0.15, -0.1) is 0 Å². The Morgan fingerprint density at radius 2 is 2.25 bits per heavy atom. The Bertz CT molecular complexity index is 494. The number of halogens is 1. The van der Waals surface area contributed by atoms with Crippen LogP contribution in [0.3, 0.4) is 0 Å². The van der Waals surface area contributed by atoms with Crippen molar-refractivity contribution in [1.82, 2.24) is 9.55 Å². The number of imidazole rings is 1. The van der Waals surface area contributed by atoms with Gasteiger partial charge < -0.3 is 9.67 Å². The van der Waals surface area contributed by atoms with Gasteiger partial charge in [0.25, 0.3) is 9.05 Å². The van der Waals surface area contributed by atoms with Crippen LogP contribution in [-0.4, -0.2) is 29.0 Å². The minimum atomic E-state index is -3.86. The minimum Gasteiger partial charge on any atom is -0.481 e. The topological polar surface area (TPSA) is 89.3 Å². The van der Waals surface area contributed by atoms with Crippen LogP contribution in [0.15, 0.2) is 11.2 Å². The number of rotatable bonds is 5. The predicted molar refractivity (Wildman–Crippen MR) is 56.9 cm³/mol. The van der Waals surface area contributed by atoms with Crippen molar-refractivity contribution in [2.45, 2.75) is 31.3 Å². The summed E-state index contributed by atoms with van der Waals surface area (Å²) in [5, 5.41) is 8.29. The van der Waals surface area contributed by atoms with Crippen LogP contribution in [0.4, 0.5) is 0 Å². The summed E-state index contributed by atoms with van der Waals surface area (Å²) in [6.07, 6.45) is 1.67. The van der Waals surface area contributed by atoms with E-state index in [1.54, 1.807) is 6.92 Å². The van der Waals surface area contributed by atoms with Gasteiger partial charge in [0.1, 0.15) is 5.82 Å². The number of hydrogen-bond donors (Lipinski definition) is 1. The van der Waals surface area contributed by atoms with E-state index in [-0.39, 0.29) is 18.0 Å². The lowest BCUT2D eigenvalue weighted by Gasteiger charge is -2.02. The van der Waals surface area contributed by atoms with Crippen molar-refractivity contribution in [2.24, 2.45) is 0 Å². The van der Waals surface area contributed by atoms with Crippen LogP contribution < -0.4 is 0 Å². The van der Waals surface area contributed by atoms with Gasteiger partial charge in [-0.3, -0.25) is 4.79 Å². The molecule has 1 aromatic rings. The predicted octanol–water partition coefficient (Wildman–Crippen LogP) is 0.848. The normalized spacial score (nSPS) is 11.6. The van der Waals surface area contributed by atoms with Crippen molar-refractivity contribution < 1.29 is 18.3 Å². The lowest BCUT2D eigenvalue weighted by molar-refractivity contribution is -0.137. The maximum Gasteiger partial charge on any atom is 0.305 e. The largest absolute Gasteiger partial charge is 0.481 e. The van der Waals surface area contributed by atoms with Gasteiger partial charge in [0.05, 0.1) is 6.42 Å². The van der Waals surface area contributed by atoms with E-state index >= 15 is 0 Å². The quantitative estimate of drug-likeness (QED) is 0.798. The SMILES string of the molecule is CCc1nc(S(=O)(=O)Cl)cn1CCC(=O)O. The number of nitrogens with zero attached hydrogens (tertiary/aromatic N) is 2. The number of carbonyl (C=O) groups is 1. The molecule has 0 fully saturated rings. The number of carboxylic acids is 1. The molecule has 0 spiro atoms. The number of carboxylic acid groups (broad SMARTS) is 1. The lowest BCUT2D eigenvalue weighted by atomic mass is 10.4. The third-order valence-electron chi connectivity index (χ3n) is 1.97. The maximum absolute atomic E-state index is 11.0. The van der Waals surface area contributed by atoms with E-state index in [0.717, 1.165) is 0 Å². The third-order valence-corrected chi connectivity index (χ3v) is 3.14. The summed E-state index contributed by atoms with van der Waals surface area (Å²) >= 11 is 0. The van der Waals surface area contributed by atoms with Crippen LogP contribution in [0.2, 0.25) is 0 Å². The summed E-state index contributed by atoms with van der Waals surface area (Å²) in [5.41, 5.74) is 0. The number of aryl methyl sites for hydroxylation is 2. The van der Waals surface area contributed by atoms with E-state index in [0.29, 0.717) is 12.2 Å². The standard InChI is InChI=1S/C8H11ClN2O4S/c1-2-6-10-7(16(9,14)15)5-11(6)4-3-8(12)13/h5H,2-4H2,1H3,(H,12,13). The molecule has 0 saturated carbocycles. The molecule has 0 unspecified atom stereocenters. The Morgan fingerprint density at radius 1 is 1.62 bits per heavy atom. The highest BCUT2D eigenvalue weighted by atomic mass is 35.7. The van der Waals surface area contributed by atoms with Crippen LogP contribution >= 0.6 is 10.7 Å². The lowest BCUT2D eigenvalue weighted by Crippen LogP contribution is -2.06. The average molecular weight is 267 g/mol. The first-order valence-corrected chi connectivity index (χ1v) is 6.88. The summed E-state index contributed by atoms with van der Waals surface area (Å²) in [4.78, 5) is 14.2. The summed E-state index contributed by atoms with van der Waals surface area (Å²) in [6.45, 7) is 1.97. The van der Waals surface area contributed by atoms with Gasteiger partial charge in [0.15, 0.2) is 5.03 Å². The van der Waals surface area contributed by atoms with E-state index in [1.807, 2.05) is 0 Å². The molecule has 16 heavy (non-hydrogen) atoms. The second kappa shape index (κ2) is 4.84. The highest BCUT2D eigenvalue weighted by Gasteiger charge is 2.17. The number of aliphatic carboxylic acids is 1. The monoisotopic (exact) mass is 266 g/mol. The zero-order valence-electron chi connectivity index (χ0n) is 8.55. The zero-order chi connectivity index (χ0) is 12.3. The molecule has 1 aromatic heterocycles. The Balaban J connectivity index is 3.00. The van der Waals surface area contributed by atoms with E-state index < -0.39 is 15.0 Å². The van der Waals surface area contributed by atoms with Gasteiger partial charge in [-0.05, 0) is 0 Å². The second-order valence-corrected chi connectivity index (χ2v) is 5.64. The van der Waals surface area contributed by atoms with Crippen LogP contribution in [0.1, 0.15) is 19.2 Å². The highest BCUT2D eigenvalue weighted by Crippen LogP contribution is 2.15. The molecule has 90 valence electrons. The molecule has 1 rings (SSSR count). The second-order valence-electron chi connectivity index (χ2n) is 3.12. The molecule has 6 nitrogen and oxygen atoms in total. The molecule has 0 atom stereocenters. The molecule has 0 amide bonds. The van der Waals surface area contributed by atoms with Crippen molar-refractivity contribution in [2.75, 3.05) is 0 Å². The number of hydrogen-bond acceptors (Lipinski definition) is 4. The minimum absolute atomic E-state index is 0.0921. The number of aromatic nitrogens is 2. The molecule has 0 bridgehead atoms. The van der Waals surface area contributed by atoms with Crippen molar-refractivity contribution in [1.29, 1.82) is 0 Å². The first kappa shape index (κ1) is 13.0. The fourth-order valence-corrected chi connectivity index (χ4v) is 1.93. The van der Waals surface area contributed by atoms with E-state index in [9.17, 15) is 13.2 Å². The van der Waals surface area contributed by atoms with Gasteiger partial charge in [-0.1, -0.05) is 6.92 Å². The fourth-order valence-electron chi connectivity index (χ4n) is 1.24. The average Bonchev–Trinajstić information content (AvgIpc) is 2.56. The van der Waals surface area contributed by atoms with Crippen LogP contribution in [0.5, 0.6) is 0 Å². The first-order valence-electron chi connectivity index (χ1n) is 4.57. The molecule has 0 radical (unpaired) electrons. The Labute approximate surface area is 97.3 Å². The molecule has 1 N–H and O–H groups in total. The third kappa shape index (κ3) is 3.21. The van der Waals surface area contributed by atoms with Crippen LogP contribution in [-0.2, 0) is 26.8 Å². The van der Waals surface area contributed by atoms with E-state index in [1.165, 1.54) is 10.8 Å². The molecule has 1 heterocycles. The highest BCUT2D eigenvalue weighted by molar-refractivity contribution is 8.13. The van der Waals surface area contributed by atoms with Crippen molar-refractivity contribution in [3.05, 3.63) is 12.0 Å². The van der Waals surface area contributed by atoms with Crippen molar-refractivity contribution >= 4 is 25.7 Å². The molecule has 0 aliphatic rings. The van der Waals surface area contributed by atoms with Crippen molar-refractivity contribution in [3.8, 4) is 0 Å². The van der Waals surface area contributed by atoms with Gasteiger partial charge in [-0.25, -0.2) is 13.4 Å². The van der Waals surface area contributed by atoms with E-state index in [2.05, 4.69) is 4.98 Å². The summed E-state index contributed by atoms with van der Waals surface area (Å²) in [6, 6.07) is 0. The van der Waals surface area contributed by atoms with Gasteiger partial charge in [0.2, 0.25) is 0 Å². The maximum atomic E-state index is 11.0. The molecule has 0 saturated heterocycles. The summed E-state index contributed by atoms with van der Waals surface area (Å²) < 4.78 is 23.5. The zero-order valence-corrected chi connectivity index (χ0v) is 10.1. The fraction of sp³-hybridized carbons (Fsp3) is 0.500. The molecular weight excluding hydrogens is 256 g/mol. The molecule has 8 heteroatoms. The van der Waals surface area contributed by atoms with Gasteiger partial charge >= 0.3 is 5.97 Å². The Morgan fingerprint density at radius 3 is 2.69 bits per heavy atom. The molecule has 0 aromatic carbocycles. The molecule has 0 aliphatic carbocycles. The van der Waals surface area contributed by atoms with Crippen LogP contribution in [0.25, 0.3) is 0 Å². The van der Waals surface area contributed by atoms with Crippen molar-refractivity contribution in [3.63, 3.8) is 0 Å². The molecular formula is C8H11ClN2O4S. The molecule has 0 aliphatic heterocycles. The van der Waals surface area contributed by atoms with Gasteiger partial charge in [0, 0.05) is 29.8 Å².